The predicted octanol–water partition coefficient (Wildman–Crippen LogP) is 2.11. The molecule has 0 saturated carbocycles. The molecule has 2 aromatic rings. The van der Waals surface area contributed by atoms with E-state index < -0.39 is 0 Å². The Morgan fingerprint density at radius 1 is 1.22 bits per heavy atom. The van der Waals surface area contributed by atoms with Crippen molar-refractivity contribution in [2.24, 2.45) is 0 Å². The van der Waals surface area contributed by atoms with Gasteiger partial charge in [-0.2, -0.15) is 0 Å². The number of ether oxygens (including phenoxy) is 2. The van der Waals surface area contributed by atoms with Gasteiger partial charge in [-0.25, -0.2) is 9.97 Å². The van der Waals surface area contributed by atoms with Gasteiger partial charge in [-0.3, -0.25) is 4.79 Å². The molecular formula is C20H26N4O3. The van der Waals surface area contributed by atoms with E-state index >= 15 is 0 Å². The number of carbonyl (C=O) groups excluding carboxylic acids is 1. The number of aromatic nitrogens is 2. The summed E-state index contributed by atoms with van der Waals surface area (Å²) in [6, 6.07) is 3.91. The normalized spacial score (nSPS) is 18.3. The predicted molar refractivity (Wildman–Crippen MR) is 102 cm³/mol. The van der Waals surface area contributed by atoms with Crippen LogP contribution in [-0.2, 0) is 4.79 Å². The number of nitrogens with zero attached hydrogens (tertiary/aromatic N) is 3. The van der Waals surface area contributed by atoms with E-state index in [2.05, 4.69) is 15.3 Å². The molecule has 7 nitrogen and oxygen atoms in total. The van der Waals surface area contributed by atoms with Crippen molar-refractivity contribution in [3.8, 4) is 11.5 Å². The molecule has 1 aromatic carbocycles. The van der Waals surface area contributed by atoms with Crippen molar-refractivity contribution >= 4 is 16.8 Å². The molecular weight excluding hydrogens is 344 g/mol. The van der Waals surface area contributed by atoms with Gasteiger partial charge < -0.3 is 19.7 Å². The topological polar surface area (TPSA) is 76.6 Å². The van der Waals surface area contributed by atoms with Crippen LogP contribution < -0.4 is 14.8 Å². The summed E-state index contributed by atoms with van der Waals surface area (Å²) >= 11 is 0. The van der Waals surface area contributed by atoms with Crippen LogP contribution in [0.3, 0.4) is 0 Å². The first-order chi connectivity index (χ1) is 13.3. The number of piperidine rings is 1. The Hall–Kier alpha value is -2.41. The van der Waals surface area contributed by atoms with E-state index in [-0.39, 0.29) is 5.91 Å². The lowest BCUT2D eigenvalue weighted by molar-refractivity contribution is -0.128. The number of fused-ring (bicyclic) bond motifs is 1. The molecule has 0 radical (unpaired) electrons. The van der Waals surface area contributed by atoms with Crippen molar-refractivity contribution in [1.29, 1.82) is 0 Å². The highest BCUT2D eigenvalue weighted by Crippen LogP contribution is 2.36. The number of hydrogen-bond donors (Lipinski definition) is 1. The number of methoxy groups -OCH3 is 1. The lowest BCUT2D eigenvalue weighted by atomic mass is 9.92. The molecule has 0 atom stereocenters. The van der Waals surface area contributed by atoms with Gasteiger partial charge in [0.25, 0.3) is 0 Å². The second-order valence-electron chi connectivity index (χ2n) is 7.14. The fraction of sp³-hybridized carbons (Fsp3) is 0.550. The smallest absolute Gasteiger partial charge is 0.222 e. The number of benzene rings is 1. The summed E-state index contributed by atoms with van der Waals surface area (Å²) in [6.07, 6.45) is 5.39. The number of likely N-dealkylation sites (tertiary alicyclic amines) is 1. The first-order valence-electron chi connectivity index (χ1n) is 9.70. The average molecular weight is 370 g/mol. The largest absolute Gasteiger partial charge is 0.493 e. The van der Waals surface area contributed by atoms with Crippen molar-refractivity contribution in [2.75, 3.05) is 39.9 Å². The second kappa shape index (κ2) is 8.08. The van der Waals surface area contributed by atoms with Crippen molar-refractivity contribution in [2.45, 2.75) is 31.6 Å². The van der Waals surface area contributed by atoms with Crippen LogP contribution in [-0.4, -0.2) is 60.7 Å². The highest BCUT2D eigenvalue weighted by molar-refractivity contribution is 5.85. The van der Waals surface area contributed by atoms with Crippen LogP contribution >= 0.6 is 0 Å². The summed E-state index contributed by atoms with van der Waals surface area (Å²) in [5.41, 5.74) is 1.96. The summed E-state index contributed by atoms with van der Waals surface area (Å²) in [5.74, 6) is 1.99. The van der Waals surface area contributed by atoms with Gasteiger partial charge in [-0.15, -0.1) is 0 Å². The highest BCUT2D eigenvalue weighted by Gasteiger charge is 2.22. The zero-order chi connectivity index (χ0) is 18.6. The van der Waals surface area contributed by atoms with E-state index in [4.69, 9.17) is 9.47 Å². The van der Waals surface area contributed by atoms with E-state index in [0.717, 1.165) is 55.5 Å². The highest BCUT2D eigenvalue weighted by atomic mass is 16.5. The summed E-state index contributed by atoms with van der Waals surface area (Å²) in [5, 5.41) is 4.43. The van der Waals surface area contributed by atoms with Crippen molar-refractivity contribution < 1.29 is 14.3 Å². The fourth-order valence-electron chi connectivity index (χ4n) is 3.98. The molecule has 2 saturated heterocycles. The van der Waals surface area contributed by atoms with Crippen molar-refractivity contribution in [1.82, 2.24) is 20.2 Å². The Labute approximate surface area is 159 Å². The van der Waals surface area contributed by atoms with Crippen molar-refractivity contribution in [3.63, 3.8) is 0 Å². The van der Waals surface area contributed by atoms with Crippen LogP contribution in [0.15, 0.2) is 18.5 Å². The Morgan fingerprint density at radius 3 is 2.81 bits per heavy atom. The Balaban J connectivity index is 1.55. The van der Waals surface area contributed by atoms with Gasteiger partial charge in [0.1, 0.15) is 12.9 Å². The number of nitrogens with one attached hydrogen (secondary N) is 1. The minimum Gasteiger partial charge on any atom is -0.493 e. The summed E-state index contributed by atoms with van der Waals surface area (Å²) in [4.78, 5) is 22.6. The average Bonchev–Trinajstić information content (AvgIpc) is 3.12. The van der Waals surface area contributed by atoms with Crippen LogP contribution in [0.4, 0.5) is 0 Å². The van der Waals surface area contributed by atoms with Gasteiger partial charge in [-0.1, -0.05) is 0 Å². The first kappa shape index (κ1) is 18.0. The molecule has 2 aliphatic rings. The maximum atomic E-state index is 11.7. The van der Waals surface area contributed by atoms with Gasteiger partial charge in [0.05, 0.1) is 24.9 Å². The van der Waals surface area contributed by atoms with Gasteiger partial charge in [0.15, 0.2) is 11.5 Å². The minimum absolute atomic E-state index is 0.212. The quantitative estimate of drug-likeness (QED) is 0.839. The van der Waals surface area contributed by atoms with Gasteiger partial charge in [-0.05, 0) is 38.4 Å². The molecule has 0 unspecified atom stereocenters. The first-order valence-corrected chi connectivity index (χ1v) is 9.70. The minimum atomic E-state index is 0.212. The lowest BCUT2D eigenvalue weighted by Crippen LogP contribution is -2.29. The maximum Gasteiger partial charge on any atom is 0.222 e. The van der Waals surface area contributed by atoms with Crippen LogP contribution in [0.2, 0.25) is 0 Å². The molecule has 27 heavy (non-hydrogen) atoms. The monoisotopic (exact) mass is 370 g/mol. The molecule has 144 valence electrons. The fourth-order valence-corrected chi connectivity index (χ4v) is 3.98. The van der Waals surface area contributed by atoms with Crippen LogP contribution in [0.25, 0.3) is 10.9 Å². The standard InChI is InChI=1S/C20H26N4O3/c1-26-17-11-15-16(22-13-23-20(15)14-4-6-21-7-5-14)12-18(17)27-10-9-24-8-2-3-19(24)25/h11-14,21H,2-10H2,1H3. The number of rotatable bonds is 6. The van der Waals surface area contributed by atoms with E-state index in [9.17, 15) is 4.79 Å². The van der Waals surface area contributed by atoms with Crippen LogP contribution in [0.1, 0.15) is 37.3 Å². The van der Waals surface area contributed by atoms with E-state index in [1.807, 2.05) is 17.0 Å². The summed E-state index contributed by atoms with van der Waals surface area (Å²) in [6.45, 7) is 3.90. The molecule has 2 fully saturated rings. The molecule has 3 heterocycles. The molecule has 0 bridgehead atoms. The Morgan fingerprint density at radius 2 is 2.07 bits per heavy atom. The summed E-state index contributed by atoms with van der Waals surface area (Å²) < 4.78 is 11.5. The van der Waals surface area contributed by atoms with Gasteiger partial charge in [0, 0.05) is 30.3 Å². The lowest BCUT2D eigenvalue weighted by Gasteiger charge is -2.23. The molecule has 1 N–H and O–H groups in total. The molecule has 1 aromatic heterocycles. The van der Waals surface area contributed by atoms with Crippen molar-refractivity contribution in [3.05, 3.63) is 24.2 Å². The third kappa shape index (κ3) is 3.83. The molecule has 1 amide bonds. The van der Waals surface area contributed by atoms with Crippen LogP contribution in [0, 0.1) is 0 Å². The maximum absolute atomic E-state index is 11.7. The van der Waals surface area contributed by atoms with Crippen LogP contribution in [0.5, 0.6) is 11.5 Å². The SMILES string of the molecule is COc1cc2c(C3CCNCC3)ncnc2cc1OCCN1CCCC1=O. The number of carbonyl (C=O) groups is 1. The zero-order valence-corrected chi connectivity index (χ0v) is 15.7. The van der Waals surface area contributed by atoms with E-state index in [0.29, 0.717) is 37.0 Å². The second-order valence-corrected chi connectivity index (χ2v) is 7.14. The van der Waals surface area contributed by atoms with Gasteiger partial charge in [0.2, 0.25) is 5.91 Å². The molecule has 0 spiro atoms. The number of amides is 1. The molecule has 0 aliphatic carbocycles. The number of hydrogen-bond acceptors (Lipinski definition) is 6. The molecule has 7 heteroatoms. The van der Waals surface area contributed by atoms with E-state index in [1.54, 1.807) is 13.4 Å². The molecule has 2 aliphatic heterocycles. The summed E-state index contributed by atoms with van der Waals surface area (Å²) in [7, 11) is 1.64. The Kier molecular flexibility index (Phi) is 5.38. The third-order valence-corrected chi connectivity index (χ3v) is 5.47. The van der Waals surface area contributed by atoms with E-state index in [1.165, 1.54) is 0 Å². The molecule has 4 rings (SSSR count). The Bertz CT molecular complexity index is 820. The zero-order valence-electron chi connectivity index (χ0n) is 15.7. The third-order valence-electron chi connectivity index (χ3n) is 5.47. The van der Waals surface area contributed by atoms with Gasteiger partial charge >= 0.3 is 0 Å².